The number of hydrogen-bond acceptors (Lipinski definition) is 9. The molecule has 0 aromatic rings. The quantitative estimate of drug-likeness (QED) is 0.225. The molecule has 2 saturated heterocycles. The molecule has 1 spiro atoms. The van der Waals surface area contributed by atoms with Crippen molar-refractivity contribution in [1.82, 2.24) is 0 Å². The number of aliphatic hydroxyl groups excluding tert-OH is 5. The first kappa shape index (κ1) is 32.7. The molecule has 9 nitrogen and oxygen atoms in total. The Labute approximate surface area is 262 Å². The van der Waals surface area contributed by atoms with Crippen LogP contribution in [0.3, 0.4) is 0 Å². The van der Waals surface area contributed by atoms with E-state index in [1.54, 1.807) is 13.8 Å². The van der Waals surface area contributed by atoms with Crippen LogP contribution in [0.4, 0.5) is 0 Å². The average Bonchev–Trinajstić information content (AvgIpc) is 3.43. The van der Waals surface area contributed by atoms with Gasteiger partial charge >= 0.3 is 5.97 Å². The molecule has 5 N–H and O–H groups in total. The smallest absolute Gasteiger partial charge is 0.338 e. The first-order valence-electron chi connectivity index (χ1n) is 17.2. The van der Waals surface area contributed by atoms with Crippen LogP contribution in [0.2, 0.25) is 0 Å². The first-order chi connectivity index (χ1) is 20.6. The van der Waals surface area contributed by atoms with Crippen molar-refractivity contribution in [3.63, 3.8) is 0 Å². The minimum atomic E-state index is -2.00. The molecule has 0 bridgehead atoms. The number of ether oxygens (including phenoxy) is 3. The SMILES string of the molecule is CC(C)=C(O)[C@@H](O)[C@@H](O)[C@@H](O)C(=O)O[C@H]1CC[C@@]2(C)[C@H](C1)[C@@H](O)C[C@@H]1[C@@H]2CC[C@]2(C)[C@@H]3[C@H](C[C@@H]12)O[C@]1(CC[C@@H](C)CO1)[C@H]3C. The topological polar surface area (TPSA) is 146 Å². The highest BCUT2D eigenvalue weighted by Crippen LogP contribution is 2.71. The van der Waals surface area contributed by atoms with E-state index in [4.69, 9.17) is 14.2 Å². The third-order valence-corrected chi connectivity index (χ3v) is 13.9. The van der Waals surface area contributed by atoms with Gasteiger partial charge in [0.2, 0.25) is 0 Å². The van der Waals surface area contributed by atoms with Crippen molar-refractivity contribution in [2.75, 3.05) is 6.61 Å². The van der Waals surface area contributed by atoms with Crippen molar-refractivity contribution >= 4 is 5.97 Å². The molecule has 0 aromatic carbocycles. The predicted molar refractivity (Wildman–Crippen MR) is 162 cm³/mol. The molecule has 2 heterocycles. The van der Waals surface area contributed by atoms with Crippen molar-refractivity contribution in [2.45, 2.75) is 142 Å². The van der Waals surface area contributed by atoms with E-state index in [1.807, 2.05) is 0 Å². The molecular formula is C35H56O9. The maximum absolute atomic E-state index is 12.8. The third kappa shape index (κ3) is 4.98. The van der Waals surface area contributed by atoms with Crippen molar-refractivity contribution in [3.8, 4) is 0 Å². The molecule has 0 amide bonds. The fourth-order valence-electron chi connectivity index (χ4n) is 11.4. The van der Waals surface area contributed by atoms with Crippen LogP contribution in [0, 0.1) is 52.3 Å². The third-order valence-electron chi connectivity index (χ3n) is 13.9. The Balaban J connectivity index is 1.12. The number of carbonyl (C=O) groups excluding carboxylic acids is 1. The van der Waals surface area contributed by atoms with Crippen LogP contribution in [0.1, 0.15) is 99.3 Å². The Hall–Kier alpha value is -1.23. The van der Waals surface area contributed by atoms with E-state index < -0.39 is 48.0 Å². The molecule has 9 heteroatoms. The lowest BCUT2D eigenvalue weighted by atomic mass is 9.43. The summed E-state index contributed by atoms with van der Waals surface area (Å²) in [6, 6.07) is 0. The van der Waals surface area contributed by atoms with Gasteiger partial charge in [0.25, 0.3) is 0 Å². The van der Waals surface area contributed by atoms with Crippen LogP contribution >= 0.6 is 0 Å². The van der Waals surface area contributed by atoms with Crippen molar-refractivity contribution in [3.05, 3.63) is 11.3 Å². The summed E-state index contributed by atoms with van der Waals surface area (Å²) in [5, 5.41) is 52.5. The van der Waals surface area contributed by atoms with Gasteiger partial charge in [-0.15, -0.1) is 0 Å². The van der Waals surface area contributed by atoms with Crippen LogP contribution in [0.15, 0.2) is 11.3 Å². The minimum absolute atomic E-state index is 0.0287. The molecule has 0 unspecified atom stereocenters. The molecule has 4 aliphatic carbocycles. The largest absolute Gasteiger partial charge is 0.510 e. The number of rotatable bonds is 5. The van der Waals surface area contributed by atoms with Crippen LogP contribution in [0.5, 0.6) is 0 Å². The second-order valence-electron chi connectivity index (χ2n) is 16.4. The molecule has 0 radical (unpaired) electrons. The van der Waals surface area contributed by atoms with Gasteiger partial charge in [0.1, 0.15) is 24.1 Å². The Morgan fingerprint density at radius 2 is 1.59 bits per heavy atom. The summed E-state index contributed by atoms with van der Waals surface area (Å²) >= 11 is 0. The average molecular weight is 621 g/mol. The Bertz CT molecular complexity index is 1130. The van der Waals surface area contributed by atoms with E-state index in [0.717, 1.165) is 51.6 Å². The molecule has 6 fully saturated rings. The number of hydrogen-bond donors (Lipinski definition) is 5. The number of esters is 1. The Morgan fingerprint density at radius 3 is 2.25 bits per heavy atom. The normalized spacial score (nSPS) is 50.0. The molecule has 16 atom stereocenters. The fourth-order valence-corrected chi connectivity index (χ4v) is 11.4. The van der Waals surface area contributed by atoms with Gasteiger partial charge < -0.3 is 39.7 Å². The molecular weight excluding hydrogens is 564 g/mol. The van der Waals surface area contributed by atoms with Gasteiger partial charge in [-0.3, -0.25) is 0 Å². The summed E-state index contributed by atoms with van der Waals surface area (Å²) in [7, 11) is 0. The molecule has 4 saturated carbocycles. The van der Waals surface area contributed by atoms with Crippen molar-refractivity contribution in [1.29, 1.82) is 0 Å². The summed E-state index contributed by atoms with van der Waals surface area (Å²) in [6.07, 6.45) is 1.63. The van der Waals surface area contributed by atoms with Gasteiger partial charge in [-0.2, -0.15) is 0 Å². The van der Waals surface area contributed by atoms with Gasteiger partial charge in [0.15, 0.2) is 11.9 Å². The number of carbonyl (C=O) groups is 1. The van der Waals surface area contributed by atoms with E-state index in [2.05, 4.69) is 27.7 Å². The van der Waals surface area contributed by atoms with Gasteiger partial charge in [-0.05, 0) is 117 Å². The monoisotopic (exact) mass is 620 g/mol. The van der Waals surface area contributed by atoms with E-state index >= 15 is 0 Å². The number of fused-ring (bicyclic) bond motifs is 7. The molecule has 6 rings (SSSR count). The van der Waals surface area contributed by atoms with E-state index in [9.17, 15) is 30.3 Å². The zero-order valence-electron chi connectivity index (χ0n) is 27.4. The summed E-state index contributed by atoms with van der Waals surface area (Å²) in [5.41, 5.74) is 0.457. The number of aliphatic hydroxyl groups is 5. The standard InChI is InChI=1S/C35H56O9/c1-17(2)28(37)29(38)30(39)31(40)32(41)43-20-8-10-33(5)22-9-11-34(6)23(21(22)14-25(36)24(33)13-20)15-26-27(34)19(4)35(44-26)12-7-18(3)16-42-35/h18-27,29-31,36-40H,7-16H2,1-6H3/t18-,19+,20+,21-,22+,23+,24-,25+,26+,27+,29-,30-,31-,33-,34+,35-/m1/s1. The maximum atomic E-state index is 12.8. The summed E-state index contributed by atoms with van der Waals surface area (Å²) < 4.78 is 19.0. The molecule has 2 aliphatic heterocycles. The van der Waals surface area contributed by atoms with Gasteiger partial charge in [-0.1, -0.05) is 27.7 Å². The molecule has 44 heavy (non-hydrogen) atoms. The van der Waals surface area contributed by atoms with Gasteiger partial charge in [-0.25, -0.2) is 4.79 Å². The summed E-state index contributed by atoms with van der Waals surface area (Å²) in [4.78, 5) is 12.8. The minimum Gasteiger partial charge on any atom is -0.510 e. The molecule has 6 aliphatic rings. The summed E-state index contributed by atoms with van der Waals surface area (Å²) in [6.45, 7) is 13.3. The van der Waals surface area contributed by atoms with Crippen LogP contribution in [0.25, 0.3) is 0 Å². The first-order valence-corrected chi connectivity index (χ1v) is 17.2. The van der Waals surface area contributed by atoms with E-state index in [0.29, 0.717) is 53.9 Å². The zero-order valence-corrected chi connectivity index (χ0v) is 27.4. The van der Waals surface area contributed by atoms with Crippen LogP contribution in [-0.4, -0.2) is 80.5 Å². The lowest BCUT2D eigenvalue weighted by Crippen LogP contribution is -2.59. The Kier molecular flexibility index (Phi) is 8.53. The van der Waals surface area contributed by atoms with Gasteiger partial charge in [0, 0.05) is 12.3 Å². The molecule has 0 aromatic heterocycles. The highest BCUT2D eigenvalue weighted by Gasteiger charge is 2.69. The van der Waals surface area contributed by atoms with E-state index in [1.165, 1.54) is 0 Å². The molecule has 250 valence electrons. The van der Waals surface area contributed by atoms with E-state index in [-0.39, 0.29) is 22.9 Å². The van der Waals surface area contributed by atoms with Crippen LogP contribution < -0.4 is 0 Å². The van der Waals surface area contributed by atoms with Crippen molar-refractivity contribution < 1.29 is 44.5 Å². The van der Waals surface area contributed by atoms with Gasteiger partial charge in [0.05, 0.1) is 18.8 Å². The lowest BCUT2D eigenvalue weighted by Gasteiger charge is -2.62. The Morgan fingerprint density at radius 1 is 0.886 bits per heavy atom. The lowest BCUT2D eigenvalue weighted by molar-refractivity contribution is -0.273. The second-order valence-corrected chi connectivity index (χ2v) is 16.4. The second kappa shape index (κ2) is 11.5. The zero-order chi connectivity index (χ0) is 31.9. The number of allylic oxidation sites excluding steroid dienone is 1. The predicted octanol–water partition coefficient (Wildman–Crippen LogP) is 4.25. The fraction of sp³-hybridized carbons (Fsp3) is 0.914. The highest BCUT2D eigenvalue weighted by molar-refractivity contribution is 5.75. The van der Waals surface area contributed by atoms with Crippen molar-refractivity contribution in [2.24, 2.45) is 52.3 Å². The van der Waals surface area contributed by atoms with Crippen LogP contribution in [-0.2, 0) is 19.0 Å². The highest BCUT2D eigenvalue weighted by atomic mass is 16.7. The summed E-state index contributed by atoms with van der Waals surface area (Å²) in [5.74, 6) is 0.852. The maximum Gasteiger partial charge on any atom is 0.338 e.